The lowest BCUT2D eigenvalue weighted by atomic mass is 10.3. The van der Waals surface area contributed by atoms with Crippen molar-refractivity contribution < 1.29 is 0 Å². The molecule has 2 aromatic carbocycles. The van der Waals surface area contributed by atoms with Gasteiger partial charge in [-0.05, 0) is 44.5 Å². The highest BCUT2D eigenvalue weighted by atomic mass is 16.1. The van der Waals surface area contributed by atoms with Crippen LogP contribution in [0.3, 0.4) is 0 Å². The first-order valence-electron chi connectivity index (χ1n) is 10.8. The number of aryl methyl sites for hydroxylation is 2. The number of aromatic nitrogens is 4. The van der Waals surface area contributed by atoms with E-state index < -0.39 is 0 Å². The molecular weight excluding hydrogens is 416 g/mol. The van der Waals surface area contributed by atoms with E-state index in [0.717, 1.165) is 22.8 Å². The van der Waals surface area contributed by atoms with Crippen molar-refractivity contribution in [2.24, 2.45) is 9.98 Å². The molecule has 0 saturated carbocycles. The van der Waals surface area contributed by atoms with Crippen LogP contribution in [0.5, 0.6) is 0 Å². The van der Waals surface area contributed by atoms with Gasteiger partial charge in [0.2, 0.25) is 0 Å². The first-order chi connectivity index (χ1) is 16.1. The van der Waals surface area contributed by atoms with Crippen molar-refractivity contribution in [3.8, 4) is 11.4 Å². The van der Waals surface area contributed by atoms with Gasteiger partial charge in [-0.1, -0.05) is 36.4 Å². The molecule has 0 atom stereocenters. The van der Waals surface area contributed by atoms with E-state index in [4.69, 9.17) is 0 Å². The van der Waals surface area contributed by atoms with Gasteiger partial charge in [0, 0.05) is 36.9 Å². The molecule has 33 heavy (non-hydrogen) atoms. The van der Waals surface area contributed by atoms with Gasteiger partial charge >= 0.3 is 0 Å². The highest BCUT2D eigenvalue weighted by molar-refractivity contribution is 5.81. The first-order valence-corrected chi connectivity index (χ1v) is 10.8. The van der Waals surface area contributed by atoms with Crippen molar-refractivity contribution in [3.63, 3.8) is 0 Å². The highest BCUT2D eigenvalue weighted by Crippen LogP contribution is 2.07. The molecule has 0 spiro atoms. The summed E-state index contributed by atoms with van der Waals surface area (Å²) in [7, 11) is 0. The summed E-state index contributed by atoms with van der Waals surface area (Å²) in [6, 6.07) is 18.9. The van der Waals surface area contributed by atoms with Crippen molar-refractivity contribution in [2.75, 3.05) is 13.1 Å². The largest absolute Gasteiger partial charge is 0.295 e. The van der Waals surface area contributed by atoms with Crippen LogP contribution in [-0.4, -0.2) is 45.1 Å². The minimum atomic E-state index is -0.127. The van der Waals surface area contributed by atoms with Crippen molar-refractivity contribution in [1.29, 1.82) is 0 Å². The summed E-state index contributed by atoms with van der Waals surface area (Å²) in [4.78, 5) is 34.1. The molecule has 4 rings (SSSR count). The number of H-pyrrole nitrogens is 2. The Hall–Kier alpha value is -4.20. The number of benzene rings is 2. The van der Waals surface area contributed by atoms with Crippen LogP contribution in [0.15, 0.2) is 80.2 Å². The molecule has 0 fully saturated rings. The summed E-state index contributed by atoms with van der Waals surface area (Å²) in [6.45, 7) is 4.78. The standard InChI is InChI=1S/C25H26N6O2/c1-18-22(24(32)30(28-18)20-10-5-3-6-11-20)16-26-14-9-15-27-17-23-19(2)29-31(25(23)33)21-12-7-4-8-13-21/h3-8,10-13,16-17,28-29H,9,14-15H2,1-2H3. The number of nitrogens with zero attached hydrogens (tertiary/aromatic N) is 4. The maximum absolute atomic E-state index is 12.7. The number of nitrogens with one attached hydrogen (secondary N) is 2. The van der Waals surface area contributed by atoms with Gasteiger partial charge < -0.3 is 0 Å². The zero-order valence-corrected chi connectivity index (χ0v) is 18.7. The van der Waals surface area contributed by atoms with E-state index in [9.17, 15) is 9.59 Å². The monoisotopic (exact) mass is 442 g/mol. The molecule has 2 heterocycles. The predicted octanol–water partition coefficient (Wildman–Crippen LogP) is 3.19. The molecule has 0 aliphatic carbocycles. The Morgan fingerprint density at radius 3 is 1.48 bits per heavy atom. The van der Waals surface area contributed by atoms with Gasteiger partial charge in [-0.3, -0.25) is 29.8 Å². The highest BCUT2D eigenvalue weighted by Gasteiger charge is 2.11. The Balaban J connectivity index is 1.35. The molecule has 0 aliphatic rings. The van der Waals surface area contributed by atoms with Crippen LogP contribution in [-0.2, 0) is 0 Å². The summed E-state index contributed by atoms with van der Waals surface area (Å²) in [6.07, 6.45) is 3.94. The minimum Gasteiger partial charge on any atom is -0.295 e. The fourth-order valence-corrected chi connectivity index (χ4v) is 3.51. The van der Waals surface area contributed by atoms with Gasteiger partial charge in [-0.15, -0.1) is 0 Å². The molecule has 4 aromatic rings. The predicted molar refractivity (Wildman–Crippen MR) is 132 cm³/mol. The van der Waals surface area contributed by atoms with Crippen molar-refractivity contribution in [3.05, 3.63) is 104 Å². The Bertz CT molecular complexity index is 1280. The summed E-state index contributed by atoms with van der Waals surface area (Å²) in [5, 5.41) is 6.18. The Morgan fingerprint density at radius 1 is 0.697 bits per heavy atom. The SMILES string of the molecule is Cc1[nH]n(-c2ccccc2)c(=O)c1C=NCCCN=Cc1c(C)[nH]n(-c2ccccc2)c1=O. The summed E-state index contributed by atoms with van der Waals surface area (Å²) < 4.78 is 3.03. The molecule has 0 amide bonds. The van der Waals surface area contributed by atoms with Crippen LogP contribution in [0.4, 0.5) is 0 Å². The summed E-state index contributed by atoms with van der Waals surface area (Å²) in [5.41, 5.74) is 3.94. The van der Waals surface area contributed by atoms with Gasteiger partial charge in [0.05, 0.1) is 22.5 Å². The molecular formula is C25H26N6O2. The lowest BCUT2D eigenvalue weighted by Gasteiger charge is -1.99. The van der Waals surface area contributed by atoms with E-state index >= 15 is 0 Å². The van der Waals surface area contributed by atoms with Gasteiger partial charge in [-0.2, -0.15) is 0 Å². The van der Waals surface area contributed by atoms with E-state index in [1.165, 1.54) is 9.36 Å². The second-order valence-electron chi connectivity index (χ2n) is 7.68. The molecule has 0 saturated heterocycles. The minimum absolute atomic E-state index is 0.127. The molecule has 8 heteroatoms. The maximum atomic E-state index is 12.7. The quantitative estimate of drug-likeness (QED) is 0.323. The Morgan fingerprint density at radius 2 is 1.09 bits per heavy atom. The van der Waals surface area contributed by atoms with Crippen LogP contribution in [0.1, 0.15) is 28.9 Å². The molecule has 2 N–H and O–H groups in total. The molecule has 2 aromatic heterocycles. The van der Waals surface area contributed by atoms with Crippen molar-refractivity contribution >= 4 is 12.4 Å². The zero-order chi connectivity index (χ0) is 23.2. The third-order valence-electron chi connectivity index (χ3n) is 5.28. The maximum Gasteiger partial charge on any atom is 0.280 e. The fraction of sp³-hybridized carbons (Fsp3) is 0.200. The molecule has 0 radical (unpaired) electrons. The first kappa shape index (κ1) is 22.0. The second kappa shape index (κ2) is 9.95. The van der Waals surface area contributed by atoms with Gasteiger partial charge in [-0.25, -0.2) is 9.36 Å². The number of hydrogen-bond donors (Lipinski definition) is 2. The molecule has 0 aliphatic heterocycles. The third-order valence-corrected chi connectivity index (χ3v) is 5.28. The topological polar surface area (TPSA) is 100 Å². The zero-order valence-electron chi connectivity index (χ0n) is 18.7. The van der Waals surface area contributed by atoms with Crippen molar-refractivity contribution in [2.45, 2.75) is 20.3 Å². The van der Waals surface area contributed by atoms with Gasteiger partial charge in [0.1, 0.15) is 0 Å². The van der Waals surface area contributed by atoms with E-state index in [1.807, 2.05) is 74.5 Å². The van der Waals surface area contributed by atoms with Gasteiger partial charge in [0.15, 0.2) is 0 Å². The Labute approximate surface area is 190 Å². The normalized spacial score (nSPS) is 11.7. The summed E-state index contributed by atoms with van der Waals surface area (Å²) >= 11 is 0. The smallest absolute Gasteiger partial charge is 0.280 e. The van der Waals surface area contributed by atoms with E-state index in [-0.39, 0.29) is 11.1 Å². The lowest BCUT2D eigenvalue weighted by molar-refractivity contribution is 0.835. The van der Waals surface area contributed by atoms with Crippen LogP contribution in [0.25, 0.3) is 11.4 Å². The average molecular weight is 443 g/mol. The van der Waals surface area contributed by atoms with Crippen LogP contribution >= 0.6 is 0 Å². The van der Waals surface area contributed by atoms with E-state index in [0.29, 0.717) is 30.6 Å². The van der Waals surface area contributed by atoms with Crippen molar-refractivity contribution in [1.82, 2.24) is 19.6 Å². The van der Waals surface area contributed by atoms with Gasteiger partial charge in [0.25, 0.3) is 11.1 Å². The number of para-hydroxylation sites is 2. The third kappa shape index (κ3) is 4.85. The molecule has 0 bridgehead atoms. The molecule has 0 unspecified atom stereocenters. The van der Waals surface area contributed by atoms with E-state index in [1.54, 1.807) is 12.4 Å². The number of aromatic amines is 2. The van der Waals surface area contributed by atoms with Crippen LogP contribution in [0.2, 0.25) is 0 Å². The second-order valence-corrected chi connectivity index (χ2v) is 7.68. The van der Waals surface area contributed by atoms with Crippen LogP contribution in [0, 0.1) is 13.8 Å². The number of aliphatic imine (C=N–C) groups is 2. The molecule has 8 nitrogen and oxygen atoms in total. The molecule has 168 valence electrons. The Kier molecular flexibility index (Phi) is 6.64. The van der Waals surface area contributed by atoms with E-state index in [2.05, 4.69) is 20.2 Å². The summed E-state index contributed by atoms with van der Waals surface area (Å²) in [5.74, 6) is 0. The van der Waals surface area contributed by atoms with Crippen LogP contribution < -0.4 is 11.1 Å². The fourth-order valence-electron chi connectivity index (χ4n) is 3.51. The lowest BCUT2D eigenvalue weighted by Crippen LogP contribution is -2.17. The number of rotatable bonds is 8. The number of hydrogen-bond acceptors (Lipinski definition) is 4. The average Bonchev–Trinajstić information content (AvgIpc) is 3.29.